The number of benzene rings is 1. The Labute approximate surface area is 209 Å². The number of hydrogen-bond acceptors (Lipinski definition) is 6. The number of amides is 1. The first kappa shape index (κ1) is 26.3. The number of rotatable bonds is 7. The number of aliphatic hydroxyl groups excluding tert-OH is 1. The second kappa shape index (κ2) is 10.7. The van der Waals surface area contributed by atoms with Crippen LogP contribution in [-0.4, -0.2) is 46.0 Å². The molecule has 1 amide bonds. The van der Waals surface area contributed by atoms with Gasteiger partial charge < -0.3 is 20.4 Å². The fourth-order valence-corrected chi connectivity index (χ4v) is 4.16. The Morgan fingerprint density at radius 1 is 1.30 bits per heavy atom. The topological polar surface area (TPSA) is 102 Å². The molecule has 2 atom stereocenters. The summed E-state index contributed by atoms with van der Waals surface area (Å²) in [5.41, 5.74) is 0.227. The van der Waals surface area contributed by atoms with Crippen molar-refractivity contribution in [3.63, 3.8) is 0 Å². The highest BCUT2D eigenvalue weighted by molar-refractivity contribution is 5.93. The molecule has 1 aliphatic heterocycles. The Hall–Kier alpha value is -3.77. The van der Waals surface area contributed by atoms with Gasteiger partial charge in [0.1, 0.15) is 17.4 Å². The smallest absolute Gasteiger partial charge is 0.257 e. The number of ether oxygens (including phenoxy) is 1. The van der Waals surface area contributed by atoms with E-state index < -0.39 is 48.5 Å². The zero-order chi connectivity index (χ0) is 26.7. The predicted molar refractivity (Wildman–Crippen MR) is 124 cm³/mol. The molecule has 8 nitrogen and oxygen atoms in total. The first-order valence-electron chi connectivity index (χ1n) is 11.4. The SMILES string of the molecule is CC(C(=O)Nc1ccc(Oc2c(F)cc(F)cc2CO)cn1)N1CCC(F)(F)C(c2cc[n+]([O-])cc2)C1. The van der Waals surface area contributed by atoms with Gasteiger partial charge in [0.15, 0.2) is 24.0 Å². The molecular formula is C25H24F4N4O4. The molecular weight excluding hydrogens is 496 g/mol. The van der Waals surface area contributed by atoms with Crippen LogP contribution in [0.1, 0.15) is 30.4 Å². The fraction of sp³-hybridized carbons (Fsp3) is 0.320. The lowest BCUT2D eigenvalue weighted by atomic mass is 9.87. The van der Waals surface area contributed by atoms with Crippen molar-refractivity contribution < 1.29 is 36.9 Å². The molecule has 3 heterocycles. The van der Waals surface area contributed by atoms with Gasteiger partial charge in [-0.25, -0.2) is 22.5 Å². The maximum atomic E-state index is 14.6. The van der Waals surface area contributed by atoms with Crippen LogP contribution < -0.4 is 14.8 Å². The van der Waals surface area contributed by atoms with E-state index in [4.69, 9.17) is 4.74 Å². The number of carbonyl (C=O) groups excluding carboxylic acids is 1. The van der Waals surface area contributed by atoms with Crippen LogP contribution in [0.4, 0.5) is 23.4 Å². The number of aromatic nitrogens is 2. The molecule has 12 heteroatoms. The standard InChI is InChI=1S/C25H24F4N4O4/c1-15(32-9-6-25(28,29)20(13-32)16-4-7-33(36)8-5-16)24(35)31-22-3-2-19(12-30-22)37-23-17(14-34)10-18(26)11-21(23)27/h2-5,7-8,10-12,15,20,34H,6,9,13-14H2,1H3,(H,30,31,35). The Bertz CT molecular complexity index is 1260. The van der Waals surface area contributed by atoms with Crippen molar-refractivity contribution in [1.29, 1.82) is 0 Å². The Kier molecular flexibility index (Phi) is 7.60. The van der Waals surface area contributed by atoms with E-state index in [1.807, 2.05) is 0 Å². The maximum absolute atomic E-state index is 14.6. The number of anilines is 1. The molecule has 0 spiro atoms. The molecule has 3 aromatic rings. The molecule has 1 aliphatic rings. The van der Waals surface area contributed by atoms with E-state index in [0.29, 0.717) is 16.4 Å². The number of hydrogen-bond donors (Lipinski definition) is 2. The molecule has 2 unspecified atom stereocenters. The molecule has 2 N–H and O–H groups in total. The van der Waals surface area contributed by atoms with Crippen LogP contribution in [0.2, 0.25) is 0 Å². The zero-order valence-corrected chi connectivity index (χ0v) is 19.7. The van der Waals surface area contributed by atoms with Crippen molar-refractivity contribution in [2.45, 2.75) is 37.8 Å². The summed E-state index contributed by atoms with van der Waals surface area (Å²) in [5, 5.41) is 23.2. The number of carbonyl (C=O) groups is 1. The summed E-state index contributed by atoms with van der Waals surface area (Å²) >= 11 is 0. The van der Waals surface area contributed by atoms with E-state index in [9.17, 15) is 32.7 Å². The number of alkyl halides is 2. The second-order valence-corrected chi connectivity index (χ2v) is 8.73. The third-order valence-corrected chi connectivity index (χ3v) is 6.28. The third kappa shape index (κ3) is 5.97. The quantitative estimate of drug-likeness (QED) is 0.280. The van der Waals surface area contributed by atoms with Gasteiger partial charge in [0.05, 0.1) is 24.8 Å². The highest BCUT2D eigenvalue weighted by atomic mass is 19.3. The van der Waals surface area contributed by atoms with Crippen molar-refractivity contribution >= 4 is 11.7 Å². The summed E-state index contributed by atoms with van der Waals surface area (Å²) in [6, 6.07) is 6.31. The molecule has 0 bridgehead atoms. The van der Waals surface area contributed by atoms with Gasteiger partial charge >= 0.3 is 0 Å². The molecule has 1 saturated heterocycles. The normalized spacial score (nSPS) is 18.3. The highest BCUT2D eigenvalue weighted by Crippen LogP contribution is 2.40. The largest absolute Gasteiger partial charge is 0.619 e. The molecule has 0 aliphatic carbocycles. The average Bonchev–Trinajstić information content (AvgIpc) is 2.86. The van der Waals surface area contributed by atoms with Crippen molar-refractivity contribution in [2.75, 3.05) is 18.4 Å². The Balaban J connectivity index is 1.41. The molecule has 2 aromatic heterocycles. The van der Waals surface area contributed by atoms with E-state index >= 15 is 0 Å². The number of pyridine rings is 2. The summed E-state index contributed by atoms with van der Waals surface area (Å²) < 4.78 is 62.6. The van der Waals surface area contributed by atoms with E-state index in [2.05, 4.69) is 10.3 Å². The van der Waals surface area contributed by atoms with E-state index in [-0.39, 0.29) is 36.0 Å². The van der Waals surface area contributed by atoms with Crippen LogP contribution >= 0.6 is 0 Å². The van der Waals surface area contributed by atoms with Crippen molar-refractivity contribution in [3.05, 3.63) is 83.0 Å². The number of aliphatic hydroxyl groups is 1. The van der Waals surface area contributed by atoms with Crippen LogP contribution in [-0.2, 0) is 11.4 Å². The monoisotopic (exact) mass is 520 g/mol. The van der Waals surface area contributed by atoms with E-state index in [0.717, 1.165) is 18.5 Å². The predicted octanol–water partition coefficient (Wildman–Crippen LogP) is 3.73. The molecule has 1 aromatic carbocycles. The average molecular weight is 520 g/mol. The van der Waals surface area contributed by atoms with E-state index in [1.54, 1.807) is 11.8 Å². The number of nitrogens with one attached hydrogen (secondary N) is 1. The number of halogens is 4. The minimum atomic E-state index is -2.99. The number of likely N-dealkylation sites (tertiary alicyclic amines) is 1. The summed E-state index contributed by atoms with van der Waals surface area (Å²) in [7, 11) is 0. The van der Waals surface area contributed by atoms with E-state index in [1.165, 1.54) is 30.5 Å². The lowest BCUT2D eigenvalue weighted by molar-refractivity contribution is -0.605. The fourth-order valence-electron chi connectivity index (χ4n) is 4.16. The van der Waals surface area contributed by atoms with Crippen LogP contribution in [0.5, 0.6) is 11.5 Å². The third-order valence-electron chi connectivity index (χ3n) is 6.28. The number of nitrogens with zero attached hydrogens (tertiary/aromatic N) is 3. The lowest BCUT2D eigenvalue weighted by Crippen LogP contribution is -2.52. The minimum Gasteiger partial charge on any atom is -0.619 e. The van der Waals surface area contributed by atoms with Gasteiger partial charge in [-0.15, -0.1) is 0 Å². The first-order chi connectivity index (χ1) is 17.6. The van der Waals surface area contributed by atoms with Gasteiger partial charge in [0.25, 0.3) is 5.92 Å². The van der Waals surface area contributed by atoms with Gasteiger partial charge in [0.2, 0.25) is 5.91 Å². The highest BCUT2D eigenvalue weighted by Gasteiger charge is 2.46. The summed E-state index contributed by atoms with van der Waals surface area (Å²) in [5.74, 6) is -6.62. The van der Waals surface area contributed by atoms with Gasteiger partial charge in [-0.2, -0.15) is 4.73 Å². The van der Waals surface area contributed by atoms with Crippen LogP contribution in [0, 0.1) is 16.8 Å². The van der Waals surface area contributed by atoms with Crippen molar-refractivity contribution in [1.82, 2.24) is 9.88 Å². The van der Waals surface area contributed by atoms with Gasteiger partial charge in [-0.1, -0.05) is 0 Å². The summed E-state index contributed by atoms with van der Waals surface area (Å²) in [6.45, 7) is 0.873. The Morgan fingerprint density at radius 3 is 2.68 bits per heavy atom. The number of piperidine rings is 1. The Morgan fingerprint density at radius 2 is 2.03 bits per heavy atom. The molecule has 1 fully saturated rings. The molecule has 37 heavy (non-hydrogen) atoms. The molecule has 196 valence electrons. The van der Waals surface area contributed by atoms with Crippen molar-refractivity contribution in [3.8, 4) is 11.5 Å². The maximum Gasteiger partial charge on any atom is 0.257 e. The first-order valence-corrected chi connectivity index (χ1v) is 11.4. The van der Waals surface area contributed by atoms with Crippen LogP contribution in [0.15, 0.2) is 55.0 Å². The zero-order valence-electron chi connectivity index (χ0n) is 19.7. The minimum absolute atomic E-state index is 0.00308. The van der Waals surface area contributed by atoms with Crippen LogP contribution in [0.3, 0.4) is 0 Å². The van der Waals surface area contributed by atoms with Gasteiger partial charge in [-0.3, -0.25) is 9.69 Å². The lowest BCUT2D eigenvalue weighted by Gasteiger charge is -2.40. The molecule has 0 saturated carbocycles. The second-order valence-electron chi connectivity index (χ2n) is 8.73. The van der Waals surface area contributed by atoms with Crippen LogP contribution in [0.25, 0.3) is 0 Å². The summed E-state index contributed by atoms with van der Waals surface area (Å²) in [6.07, 6.45) is 3.09. The van der Waals surface area contributed by atoms with Gasteiger partial charge in [-0.05, 0) is 30.7 Å². The summed E-state index contributed by atoms with van der Waals surface area (Å²) in [4.78, 5) is 18.5. The van der Waals surface area contributed by atoms with Gasteiger partial charge in [0, 0.05) is 43.3 Å². The molecule has 4 rings (SSSR count). The van der Waals surface area contributed by atoms with Crippen molar-refractivity contribution in [2.24, 2.45) is 0 Å². The molecule has 0 radical (unpaired) electrons.